The summed E-state index contributed by atoms with van der Waals surface area (Å²) in [5.41, 5.74) is 0.974. The van der Waals surface area contributed by atoms with Gasteiger partial charge in [-0.15, -0.1) is 0 Å². The predicted molar refractivity (Wildman–Crippen MR) is 85.5 cm³/mol. The van der Waals surface area contributed by atoms with E-state index < -0.39 is 0 Å². The van der Waals surface area contributed by atoms with Crippen molar-refractivity contribution in [2.45, 2.75) is 51.7 Å². The zero-order chi connectivity index (χ0) is 15.2. The summed E-state index contributed by atoms with van der Waals surface area (Å²) in [6, 6.07) is 5.46. The summed E-state index contributed by atoms with van der Waals surface area (Å²) >= 11 is 3.26. The number of halogens is 2. The Bertz CT molecular complexity index is 423. The second kappa shape index (κ2) is 8.11. The molecule has 20 heavy (non-hydrogen) atoms. The highest BCUT2D eigenvalue weighted by atomic mass is 79.9. The molecule has 0 saturated carbocycles. The summed E-state index contributed by atoms with van der Waals surface area (Å²) in [7, 11) is 1.74. The Labute approximate surface area is 130 Å². The molecule has 0 spiro atoms. The van der Waals surface area contributed by atoms with Gasteiger partial charge < -0.3 is 10.1 Å². The van der Waals surface area contributed by atoms with E-state index in [1.807, 2.05) is 12.1 Å². The standard InChI is InChI=1S/C16H25BrFNO/c1-5-10-19-15(8-9-16(2,3)20-4)12-6-7-14(18)13(17)11-12/h6-7,11,15,19H,5,8-10H2,1-4H3. The van der Waals surface area contributed by atoms with Crippen LogP contribution < -0.4 is 5.32 Å². The zero-order valence-corrected chi connectivity index (χ0v) is 14.4. The molecule has 0 fully saturated rings. The molecule has 0 aliphatic carbocycles. The lowest BCUT2D eigenvalue weighted by Crippen LogP contribution is -2.28. The Morgan fingerprint density at radius 3 is 2.65 bits per heavy atom. The highest BCUT2D eigenvalue weighted by molar-refractivity contribution is 9.10. The van der Waals surface area contributed by atoms with Gasteiger partial charge in [-0.2, -0.15) is 0 Å². The zero-order valence-electron chi connectivity index (χ0n) is 12.8. The number of nitrogens with one attached hydrogen (secondary N) is 1. The normalized spacial score (nSPS) is 13.5. The lowest BCUT2D eigenvalue weighted by atomic mass is 9.94. The predicted octanol–water partition coefficient (Wildman–Crippen LogP) is 4.83. The van der Waals surface area contributed by atoms with Crippen LogP contribution in [0.3, 0.4) is 0 Å². The van der Waals surface area contributed by atoms with E-state index in [1.165, 1.54) is 6.07 Å². The summed E-state index contributed by atoms with van der Waals surface area (Å²) in [5.74, 6) is -0.222. The number of ether oxygens (including phenoxy) is 1. The molecule has 0 aromatic heterocycles. The van der Waals surface area contributed by atoms with Crippen LogP contribution in [0.15, 0.2) is 22.7 Å². The Kier molecular flexibility index (Phi) is 7.13. The molecule has 1 atom stereocenters. The van der Waals surface area contributed by atoms with Crippen LogP contribution in [0.2, 0.25) is 0 Å². The first-order valence-electron chi connectivity index (χ1n) is 7.13. The number of rotatable bonds is 8. The summed E-state index contributed by atoms with van der Waals surface area (Å²) in [4.78, 5) is 0. The fourth-order valence-electron chi connectivity index (χ4n) is 2.03. The van der Waals surface area contributed by atoms with E-state index in [2.05, 4.69) is 42.0 Å². The van der Waals surface area contributed by atoms with Gasteiger partial charge in [0.2, 0.25) is 0 Å². The maximum Gasteiger partial charge on any atom is 0.137 e. The van der Waals surface area contributed by atoms with E-state index in [4.69, 9.17) is 4.74 Å². The summed E-state index contributed by atoms with van der Waals surface area (Å²) in [5, 5.41) is 3.53. The number of hydrogen-bond donors (Lipinski definition) is 1. The maximum absolute atomic E-state index is 13.4. The Balaban J connectivity index is 2.79. The number of hydrogen-bond acceptors (Lipinski definition) is 2. The van der Waals surface area contributed by atoms with Gasteiger partial charge in [-0.1, -0.05) is 13.0 Å². The van der Waals surface area contributed by atoms with Crippen LogP contribution in [-0.4, -0.2) is 19.3 Å². The van der Waals surface area contributed by atoms with Crippen molar-refractivity contribution in [3.63, 3.8) is 0 Å². The molecule has 0 radical (unpaired) electrons. The molecule has 0 heterocycles. The van der Waals surface area contributed by atoms with Gasteiger partial charge in [-0.05, 0) is 73.3 Å². The Hall–Kier alpha value is -0.450. The van der Waals surface area contributed by atoms with Crippen molar-refractivity contribution < 1.29 is 9.13 Å². The number of benzene rings is 1. The third kappa shape index (κ3) is 5.51. The average molecular weight is 346 g/mol. The summed E-state index contributed by atoms with van der Waals surface area (Å²) < 4.78 is 19.3. The molecule has 0 bridgehead atoms. The molecule has 1 aromatic carbocycles. The largest absolute Gasteiger partial charge is 0.379 e. The first-order chi connectivity index (χ1) is 9.39. The molecular formula is C16H25BrFNO. The molecule has 1 aromatic rings. The van der Waals surface area contributed by atoms with Crippen LogP contribution in [0.4, 0.5) is 4.39 Å². The van der Waals surface area contributed by atoms with Crippen molar-refractivity contribution in [3.8, 4) is 0 Å². The minimum Gasteiger partial charge on any atom is -0.379 e. The molecule has 0 aliphatic rings. The van der Waals surface area contributed by atoms with Gasteiger partial charge in [0.25, 0.3) is 0 Å². The maximum atomic E-state index is 13.4. The second-order valence-electron chi connectivity index (χ2n) is 5.68. The van der Waals surface area contributed by atoms with Crippen LogP contribution in [0.1, 0.15) is 51.6 Å². The average Bonchev–Trinajstić information content (AvgIpc) is 2.42. The van der Waals surface area contributed by atoms with Crippen LogP contribution in [0, 0.1) is 5.82 Å². The van der Waals surface area contributed by atoms with E-state index in [1.54, 1.807) is 7.11 Å². The molecular weight excluding hydrogens is 321 g/mol. The molecule has 1 unspecified atom stereocenters. The first-order valence-corrected chi connectivity index (χ1v) is 7.92. The van der Waals surface area contributed by atoms with Crippen molar-refractivity contribution in [2.75, 3.05) is 13.7 Å². The van der Waals surface area contributed by atoms with Gasteiger partial charge in [0, 0.05) is 13.2 Å². The molecule has 0 aliphatic heterocycles. The van der Waals surface area contributed by atoms with Crippen molar-refractivity contribution in [3.05, 3.63) is 34.1 Å². The third-order valence-corrected chi connectivity index (χ3v) is 4.18. The molecule has 4 heteroatoms. The van der Waals surface area contributed by atoms with Gasteiger partial charge in [-0.25, -0.2) is 4.39 Å². The Morgan fingerprint density at radius 2 is 2.10 bits per heavy atom. The van der Waals surface area contributed by atoms with E-state index >= 15 is 0 Å². The van der Waals surface area contributed by atoms with Crippen LogP contribution in [0.5, 0.6) is 0 Å². The number of methoxy groups -OCH3 is 1. The lowest BCUT2D eigenvalue weighted by Gasteiger charge is -2.27. The monoisotopic (exact) mass is 345 g/mol. The minimum absolute atomic E-state index is 0.136. The highest BCUT2D eigenvalue weighted by Gasteiger charge is 2.20. The van der Waals surface area contributed by atoms with Gasteiger partial charge in [0.1, 0.15) is 5.82 Å². The fourth-order valence-corrected chi connectivity index (χ4v) is 2.42. The minimum atomic E-state index is -0.222. The van der Waals surface area contributed by atoms with Crippen LogP contribution in [0.25, 0.3) is 0 Å². The smallest absolute Gasteiger partial charge is 0.137 e. The summed E-state index contributed by atoms with van der Waals surface area (Å²) in [6.45, 7) is 7.27. The van der Waals surface area contributed by atoms with Gasteiger partial charge in [-0.3, -0.25) is 0 Å². The first kappa shape index (κ1) is 17.6. The molecule has 0 amide bonds. The van der Waals surface area contributed by atoms with Crippen molar-refractivity contribution in [2.24, 2.45) is 0 Å². The van der Waals surface area contributed by atoms with Crippen LogP contribution in [-0.2, 0) is 4.74 Å². The van der Waals surface area contributed by atoms with Crippen molar-refractivity contribution in [1.82, 2.24) is 5.32 Å². The fraction of sp³-hybridized carbons (Fsp3) is 0.625. The van der Waals surface area contributed by atoms with E-state index in [0.717, 1.165) is 31.4 Å². The van der Waals surface area contributed by atoms with E-state index in [-0.39, 0.29) is 17.5 Å². The summed E-state index contributed by atoms with van der Waals surface area (Å²) in [6.07, 6.45) is 2.98. The molecule has 114 valence electrons. The third-order valence-electron chi connectivity index (χ3n) is 3.57. The topological polar surface area (TPSA) is 21.3 Å². The molecule has 1 N–H and O–H groups in total. The molecule has 0 saturated heterocycles. The lowest BCUT2D eigenvalue weighted by molar-refractivity contribution is 0.0117. The molecule has 1 rings (SSSR count). The Morgan fingerprint density at radius 1 is 1.40 bits per heavy atom. The second-order valence-corrected chi connectivity index (χ2v) is 6.54. The van der Waals surface area contributed by atoms with E-state index in [9.17, 15) is 4.39 Å². The SMILES string of the molecule is CCCNC(CCC(C)(C)OC)c1ccc(F)c(Br)c1. The van der Waals surface area contributed by atoms with Crippen molar-refractivity contribution >= 4 is 15.9 Å². The highest BCUT2D eigenvalue weighted by Crippen LogP contribution is 2.27. The molecule has 2 nitrogen and oxygen atoms in total. The van der Waals surface area contributed by atoms with Gasteiger partial charge in [0.05, 0.1) is 10.1 Å². The van der Waals surface area contributed by atoms with Crippen molar-refractivity contribution in [1.29, 1.82) is 0 Å². The van der Waals surface area contributed by atoms with E-state index in [0.29, 0.717) is 4.47 Å². The van der Waals surface area contributed by atoms with Gasteiger partial charge >= 0.3 is 0 Å². The van der Waals surface area contributed by atoms with Crippen LogP contribution >= 0.6 is 15.9 Å². The van der Waals surface area contributed by atoms with Gasteiger partial charge in [0.15, 0.2) is 0 Å². The quantitative estimate of drug-likeness (QED) is 0.728.